The van der Waals surface area contributed by atoms with Crippen LogP contribution in [-0.4, -0.2) is 13.7 Å². The Labute approximate surface area is 139 Å². The molecule has 0 radical (unpaired) electrons. The Morgan fingerprint density at radius 3 is 2.19 bits per heavy atom. The Balaban J connectivity index is 2.17. The highest BCUT2D eigenvalue weighted by Crippen LogP contribution is 2.29. The second-order valence-electron chi connectivity index (χ2n) is 5.86. The molecule has 1 unspecified atom stereocenters. The average Bonchev–Trinajstić information content (AvgIpc) is 2.52. The predicted molar refractivity (Wildman–Crippen MR) is 96.3 cm³/mol. The highest BCUT2D eigenvalue weighted by Gasteiger charge is 2.07. The van der Waals surface area contributed by atoms with E-state index in [4.69, 9.17) is 4.74 Å². The summed E-state index contributed by atoms with van der Waals surface area (Å²) in [6.45, 7) is 3.07. The summed E-state index contributed by atoms with van der Waals surface area (Å²) in [4.78, 5) is 0.504. The van der Waals surface area contributed by atoms with E-state index in [2.05, 4.69) is 47.1 Å². The summed E-state index contributed by atoms with van der Waals surface area (Å²) in [6.07, 6.45) is 11.9. The van der Waals surface area contributed by atoms with Crippen LogP contribution in [0.2, 0.25) is 0 Å². The van der Waals surface area contributed by atoms with Gasteiger partial charge in [-0.15, -0.1) is 0 Å². The molecule has 1 nitrogen and oxygen atoms in total. The van der Waals surface area contributed by atoms with Crippen molar-refractivity contribution < 1.29 is 4.74 Å². The highest BCUT2D eigenvalue weighted by molar-refractivity contribution is 9.09. The van der Waals surface area contributed by atoms with Crippen LogP contribution in [0.25, 0.3) is 0 Å². The first-order valence-corrected chi connectivity index (χ1v) is 9.41. The van der Waals surface area contributed by atoms with E-state index in [1.165, 1.54) is 62.5 Å². The Morgan fingerprint density at radius 2 is 1.57 bits per heavy atom. The SMILES string of the molecule is CCCCCCCCCC(Br)c1ccc(CCOC)cc1. The van der Waals surface area contributed by atoms with Crippen LogP contribution in [0.15, 0.2) is 24.3 Å². The molecule has 0 spiro atoms. The largest absolute Gasteiger partial charge is 0.384 e. The van der Waals surface area contributed by atoms with E-state index >= 15 is 0 Å². The molecule has 1 rings (SSSR count). The van der Waals surface area contributed by atoms with Crippen LogP contribution < -0.4 is 0 Å². The van der Waals surface area contributed by atoms with Gasteiger partial charge in [0.1, 0.15) is 0 Å². The van der Waals surface area contributed by atoms with Crippen LogP contribution in [0, 0.1) is 0 Å². The minimum atomic E-state index is 0.504. The monoisotopic (exact) mass is 354 g/mol. The fraction of sp³-hybridized carbons (Fsp3) is 0.684. The van der Waals surface area contributed by atoms with E-state index in [-0.39, 0.29) is 0 Å². The first kappa shape index (κ1) is 18.7. The van der Waals surface area contributed by atoms with Gasteiger partial charge in [-0.25, -0.2) is 0 Å². The number of methoxy groups -OCH3 is 1. The lowest BCUT2D eigenvalue weighted by Crippen LogP contribution is -1.96. The predicted octanol–water partition coefficient (Wildman–Crippen LogP) is 6.45. The second-order valence-corrected chi connectivity index (χ2v) is 6.97. The second kappa shape index (κ2) is 12.2. The van der Waals surface area contributed by atoms with Crippen molar-refractivity contribution in [2.24, 2.45) is 0 Å². The van der Waals surface area contributed by atoms with E-state index in [1.807, 2.05) is 0 Å². The quantitative estimate of drug-likeness (QED) is 0.309. The molecule has 0 aromatic heterocycles. The molecule has 120 valence electrons. The maximum atomic E-state index is 5.11. The third kappa shape index (κ3) is 8.63. The van der Waals surface area contributed by atoms with Crippen molar-refractivity contribution >= 4 is 15.9 Å². The van der Waals surface area contributed by atoms with Gasteiger partial charge in [-0.3, -0.25) is 0 Å². The fourth-order valence-corrected chi connectivity index (χ4v) is 3.19. The Morgan fingerprint density at radius 1 is 0.952 bits per heavy atom. The summed E-state index contributed by atoms with van der Waals surface area (Å²) in [5, 5.41) is 0. The van der Waals surface area contributed by atoms with Gasteiger partial charge in [0.05, 0.1) is 6.61 Å². The zero-order chi connectivity index (χ0) is 15.3. The molecule has 0 aliphatic heterocycles. The van der Waals surface area contributed by atoms with Crippen molar-refractivity contribution in [1.82, 2.24) is 0 Å². The molecule has 0 bridgehead atoms. The lowest BCUT2D eigenvalue weighted by atomic mass is 10.0. The molecule has 0 heterocycles. The number of unbranched alkanes of at least 4 members (excludes halogenated alkanes) is 6. The van der Waals surface area contributed by atoms with Crippen molar-refractivity contribution in [3.05, 3.63) is 35.4 Å². The number of hydrogen-bond donors (Lipinski definition) is 0. The minimum absolute atomic E-state index is 0.504. The summed E-state index contributed by atoms with van der Waals surface area (Å²) >= 11 is 3.83. The standard InChI is InChI=1S/C19H31BrO/c1-3-4-5-6-7-8-9-10-19(20)18-13-11-17(12-14-18)15-16-21-2/h11-14,19H,3-10,15-16H2,1-2H3. The number of hydrogen-bond acceptors (Lipinski definition) is 1. The van der Waals surface area contributed by atoms with Crippen LogP contribution in [0.3, 0.4) is 0 Å². The summed E-state index contributed by atoms with van der Waals surface area (Å²) < 4.78 is 5.11. The molecular formula is C19H31BrO. The van der Waals surface area contributed by atoms with Crippen LogP contribution in [0.1, 0.15) is 74.2 Å². The fourth-order valence-electron chi connectivity index (χ4n) is 2.56. The first-order chi connectivity index (χ1) is 10.3. The average molecular weight is 355 g/mol. The molecule has 1 aromatic rings. The van der Waals surface area contributed by atoms with Gasteiger partial charge < -0.3 is 4.74 Å². The third-order valence-corrected chi connectivity index (χ3v) is 4.98. The molecule has 2 heteroatoms. The van der Waals surface area contributed by atoms with Crippen molar-refractivity contribution in [3.63, 3.8) is 0 Å². The van der Waals surface area contributed by atoms with Crippen LogP contribution in [-0.2, 0) is 11.2 Å². The normalized spacial score (nSPS) is 12.5. The van der Waals surface area contributed by atoms with Crippen LogP contribution in [0.5, 0.6) is 0 Å². The van der Waals surface area contributed by atoms with Gasteiger partial charge >= 0.3 is 0 Å². The van der Waals surface area contributed by atoms with Gasteiger partial charge in [0, 0.05) is 11.9 Å². The maximum Gasteiger partial charge on any atom is 0.0502 e. The van der Waals surface area contributed by atoms with Crippen molar-refractivity contribution in [1.29, 1.82) is 0 Å². The van der Waals surface area contributed by atoms with E-state index in [9.17, 15) is 0 Å². The third-order valence-electron chi connectivity index (χ3n) is 4.00. The summed E-state index contributed by atoms with van der Waals surface area (Å²) in [5.41, 5.74) is 2.76. The zero-order valence-corrected chi connectivity index (χ0v) is 15.3. The molecule has 0 amide bonds. The van der Waals surface area contributed by atoms with E-state index in [0.717, 1.165) is 13.0 Å². The lowest BCUT2D eigenvalue weighted by molar-refractivity contribution is 0.202. The van der Waals surface area contributed by atoms with Crippen molar-refractivity contribution in [3.8, 4) is 0 Å². The van der Waals surface area contributed by atoms with Gasteiger partial charge in [0.25, 0.3) is 0 Å². The first-order valence-electron chi connectivity index (χ1n) is 8.49. The minimum Gasteiger partial charge on any atom is -0.384 e. The summed E-state index contributed by atoms with van der Waals surface area (Å²) in [7, 11) is 1.76. The number of ether oxygens (including phenoxy) is 1. The van der Waals surface area contributed by atoms with Gasteiger partial charge in [0.2, 0.25) is 0 Å². The Kier molecular flexibility index (Phi) is 10.9. The molecule has 0 aliphatic carbocycles. The summed E-state index contributed by atoms with van der Waals surface area (Å²) in [6, 6.07) is 8.97. The zero-order valence-electron chi connectivity index (χ0n) is 13.7. The van der Waals surface area contributed by atoms with Gasteiger partial charge in [-0.05, 0) is 24.0 Å². The molecule has 0 aliphatic rings. The number of rotatable bonds is 12. The summed E-state index contributed by atoms with van der Waals surface area (Å²) in [5.74, 6) is 0. The number of halogens is 1. The Hall–Kier alpha value is -0.340. The van der Waals surface area contributed by atoms with E-state index in [1.54, 1.807) is 7.11 Å². The van der Waals surface area contributed by atoms with Crippen molar-refractivity contribution in [2.45, 2.75) is 69.5 Å². The molecule has 0 N–H and O–H groups in total. The van der Waals surface area contributed by atoms with E-state index in [0.29, 0.717) is 4.83 Å². The highest BCUT2D eigenvalue weighted by atomic mass is 79.9. The van der Waals surface area contributed by atoms with Gasteiger partial charge in [0.15, 0.2) is 0 Å². The molecular weight excluding hydrogens is 324 g/mol. The topological polar surface area (TPSA) is 9.23 Å². The molecule has 1 aromatic carbocycles. The molecule has 0 saturated heterocycles. The molecule has 0 fully saturated rings. The van der Waals surface area contributed by atoms with Crippen LogP contribution >= 0.6 is 15.9 Å². The van der Waals surface area contributed by atoms with E-state index < -0.39 is 0 Å². The molecule has 0 saturated carbocycles. The number of benzene rings is 1. The molecule has 21 heavy (non-hydrogen) atoms. The lowest BCUT2D eigenvalue weighted by Gasteiger charge is -2.11. The molecule has 1 atom stereocenters. The van der Waals surface area contributed by atoms with Gasteiger partial charge in [-0.1, -0.05) is 92.1 Å². The number of alkyl halides is 1. The smallest absolute Gasteiger partial charge is 0.0502 e. The van der Waals surface area contributed by atoms with Gasteiger partial charge in [-0.2, -0.15) is 0 Å². The van der Waals surface area contributed by atoms with Crippen LogP contribution in [0.4, 0.5) is 0 Å². The Bertz CT molecular complexity index is 347. The maximum absolute atomic E-state index is 5.11. The van der Waals surface area contributed by atoms with Crippen molar-refractivity contribution in [2.75, 3.05) is 13.7 Å².